The number of aliphatic hydroxyl groups is 1. The van der Waals surface area contributed by atoms with E-state index in [9.17, 15) is 8.42 Å². The van der Waals surface area contributed by atoms with E-state index in [4.69, 9.17) is 5.11 Å². The Bertz CT molecular complexity index is 527. The molecule has 1 unspecified atom stereocenters. The van der Waals surface area contributed by atoms with Crippen LogP contribution in [0, 0.1) is 0 Å². The van der Waals surface area contributed by atoms with E-state index in [1.807, 2.05) is 14.0 Å². The van der Waals surface area contributed by atoms with Crippen molar-refractivity contribution in [2.45, 2.75) is 30.9 Å². The average Bonchev–Trinajstić information content (AvgIpc) is 2.76. The highest BCUT2D eigenvalue weighted by atomic mass is 32.2. The van der Waals surface area contributed by atoms with Gasteiger partial charge in [0.2, 0.25) is 10.0 Å². The zero-order chi connectivity index (χ0) is 14.0. The number of nitrogens with zero attached hydrogens (tertiary/aromatic N) is 2. The molecule has 1 aromatic heterocycles. The van der Waals surface area contributed by atoms with E-state index in [2.05, 4.69) is 4.90 Å². The van der Waals surface area contributed by atoms with Crippen molar-refractivity contribution in [1.29, 1.82) is 0 Å². The van der Waals surface area contributed by atoms with Gasteiger partial charge < -0.3 is 10.0 Å². The minimum Gasteiger partial charge on any atom is -0.391 e. The second-order valence-electron chi connectivity index (χ2n) is 4.99. The van der Waals surface area contributed by atoms with Gasteiger partial charge in [0, 0.05) is 29.4 Å². The summed E-state index contributed by atoms with van der Waals surface area (Å²) >= 11 is 1.28. The Hall–Kier alpha value is -0.470. The first kappa shape index (κ1) is 14.9. The summed E-state index contributed by atoms with van der Waals surface area (Å²) in [4.78, 5) is 3.14. The van der Waals surface area contributed by atoms with Gasteiger partial charge in [0.1, 0.15) is 0 Å². The Morgan fingerprint density at radius 1 is 1.47 bits per heavy atom. The van der Waals surface area contributed by atoms with E-state index in [-0.39, 0.29) is 12.6 Å². The summed E-state index contributed by atoms with van der Waals surface area (Å²) in [6, 6.07) is 1.54. The van der Waals surface area contributed by atoms with Crippen LogP contribution in [0.1, 0.15) is 18.2 Å². The molecular formula is C12H20N2O3S2. The Balaban J connectivity index is 2.27. The third kappa shape index (κ3) is 3.17. The molecule has 0 bridgehead atoms. The fourth-order valence-electron chi connectivity index (χ4n) is 2.42. The maximum atomic E-state index is 12.6. The first-order valence-corrected chi connectivity index (χ1v) is 8.66. The number of hydrogen-bond donors (Lipinski definition) is 1. The van der Waals surface area contributed by atoms with Crippen molar-refractivity contribution in [3.05, 3.63) is 16.3 Å². The van der Waals surface area contributed by atoms with Gasteiger partial charge in [-0.15, -0.1) is 11.3 Å². The molecule has 19 heavy (non-hydrogen) atoms. The molecule has 2 heterocycles. The van der Waals surface area contributed by atoms with Crippen LogP contribution >= 0.6 is 11.3 Å². The lowest BCUT2D eigenvalue weighted by atomic mass is 10.3. The fraction of sp³-hybridized carbons (Fsp3) is 0.667. The molecular weight excluding hydrogens is 284 g/mol. The van der Waals surface area contributed by atoms with Gasteiger partial charge in [-0.3, -0.25) is 0 Å². The normalized spacial score (nSPS) is 23.4. The van der Waals surface area contributed by atoms with Crippen LogP contribution in [0.3, 0.4) is 0 Å². The van der Waals surface area contributed by atoms with Crippen LogP contribution in [0.2, 0.25) is 0 Å². The average molecular weight is 304 g/mol. The van der Waals surface area contributed by atoms with Gasteiger partial charge in [-0.25, -0.2) is 8.42 Å². The van der Waals surface area contributed by atoms with Crippen LogP contribution in [0.4, 0.5) is 0 Å². The van der Waals surface area contributed by atoms with Gasteiger partial charge in [-0.2, -0.15) is 4.31 Å². The number of rotatable bonds is 3. The number of likely N-dealkylation sites (N-methyl/N-ethyl adjacent to an activating group) is 1. The molecule has 0 aliphatic carbocycles. The molecule has 2 rings (SSSR count). The van der Waals surface area contributed by atoms with Crippen LogP contribution in [0.15, 0.2) is 16.3 Å². The Labute approximate surface area is 118 Å². The lowest BCUT2D eigenvalue weighted by molar-refractivity contribution is 0.285. The van der Waals surface area contributed by atoms with E-state index in [1.54, 1.807) is 15.8 Å². The Morgan fingerprint density at radius 3 is 2.84 bits per heavy atom. The van der Waals surface area contributed by atoms with Crippen molar-refractivity contribution in [3.63, 3.8) is 0 Å². The van der Waals surface area contributed by atoms with Gasteiger partial charge in [0.05, 0.1) is 11.5 Å². The maximum absolute atomic E-state index is 12.6. The third-order valence-corrected chi connectivity index (χ3v) is 6.44. The zero-order valence-corrected chi connectivity index (χ0v) is 12.9. The molecule has 0 aromatic carbocycles. The van der Waals surface area contributed by atoms with Gasteiger partial charge in [-0.1, -0.05) is 0 Å². The Kier molecular flexibility index (Phi) is 4.62. The largest absolute Gasteiger partial charge is 0.391 e. The zero-order valence-electron chi connectivity index (χ0n) is 11.2. The van der Waals surface area contributed by atoms with E-state index in [1.165, 1.54) is 11.3 Å². The van der Waals surface area contributed by atoms with Crippen LogP contribution in [0.5, 0.6) is 0 Å². The van der Waals surface area contributed by atoms with Gasteiger partial charge >= 0.3 is 0 Å². The number of thiophene rings is 1. The van der Waals surface area contributed by atoms with Gasteiger partial charge in [0.25, 0.3) is 0 Å². The number of sulfonamides is 1. The first-order chi connectivity index (χ1) is 8.95. The predicted molar refractivity (Wildman–Crippen MR) is 75.7 cm³/mol. The highest BCUT2D eigenvalue weighted by Gasteiger charge is 2.31. The second kappa shape index (κ2) is 5.88. The molecule has 5 nitrogen and oxygen atoms in total. The molecule has 1 atom stereocenters. The first-order valence-electron chi connectivity index (χ1n) is 6.34. The molecule has 1 aromatic rings. The summed E-state index contributed by atoms with van der Waals surface area (Å²) < 4.78 is 26.8. The van der Waals surface area contributed by atoms with Crippen molar-refractivity contribution in [2.24, 2.45) is 0 Å². The van der Waals surface area contributed by atoms with E-state index in [0.717, 1.165) is 19.5 Å². The third-order valence-electron chi connectivity index (χ3n) is 3.38. The molecule has 0 spiro atoms. The van der Waals surface area contributed by atoms with Crippen LogP contribution < -0.4 is 0 Å². The quantitative estimate of drug-likeness (QED) is 0.903. The summed E-state index contributed by atoms with van der Waals surface area (Å²) in [5, 5.41) is 10.7. The standard InChI is InChI=1S/C12H20N2O3S2/c1-10-7-13(2)4-3-5-14(10)19(16,17)12-6-11(8-15)18-9-12/h6,9-10,15H,3-5,7-8H2,1-2H3. The fourth-order valence-corrected chi connectivity index (χ4v) is 5.20. The van der Waals surface area contributed by atoms with Crippen molar-refractivity contribution in [2.75, 3.05) is 26.7 Å². The van der Waals surface area contributed by atoms with Crippen LogP contribution in [-0.2, 0) is 16.6 Å². The summed E-state index contributed by atoms with van der Waals surface area (Å²) in [6.45, 7) is 4.05. The molecule has 1 saturated heterocycles. The predicted octanol–water partition coefficient (Wildman–Crippen LogP) is 0.955. The molecule has 1 N–H and O–H groups in total. The summed E-state index contributed by atoms with van der Waals surface area (Å²) in [7, 11) is -1.43. The molecule has 0 amide bonds. The topological polar surface area (TPSA) is 60.9 Å². The molecule has 1 aliphatic heterocycles. The SMILES string of the molecule is CC1CN(C)CCCN1S(=O)(=O)c1csc(CO)c1. The number of hydrogen-bond acceptors (Lipinski definition) is 5. The van der Waals surface area contributed by atoms with Crippen molar-refractivity contribution in [1.82, 2.24) is 9.21 Å². The maximum Gasteiger partial charge on any atom is 0.244 e. The monoisotopic (exact) mass is 304 g/mol. The van der Waals surface area contributed by atoms with Gasteiger partial charge in [0.15, 0.2) is 0 Å². The van der Waals surface area contributed by atoms with Crippen LogP contribution in [0.25, 0.3) is 0 Å². The van der Waals surface area contributed by atoms with Crippen molar-refractivity contribution >= 4 is 21.4 Å². The molecule has 7 heteroatoms. The van der Waals surface area contributed by atoms with E-state index in [0.29, 0.717) is 16.3 Å². The van der Waals surface area contributed by atoms with E-state index >= 15 is 0 Å². The summed E-state index contributed by atoms with van der Waals surface area (Å²) in [5.74, 6) is 0. The van der Waals surface area contributed by atoms with Crippen LogP contribution in [-0.4, -0.2) is 55.5 Å². The molecule has 0 saturated carbocycles. The van der Waals surface area contributed by atoms with Gasteiger partial charge in [-0.05, 0) is 33.0 Å². The minimum atomic E-state index is -3.44. The molecule has 1 fully saturated rings. The molecule has 1 aliphatic rings. The Morgan fingerprint density at radius 2 is 2.21 bits per heavy atom. The molecule has 108 valence electrons. The second-order valence-corrected chi connectivity index (χ2v) is 7.87. The minimum absolute atomic E-state index is 0.0324. The summed E-state index contributed by atoms with van der Waals surface area (Å²) in [6.07, 6.45) is 0.844. The summed E-state index contributed by atoms with van der Waals surface area (Å²) in [5.41, 5.74) is 0. The highest BCUT2D eigenvalue weighted by molar-refractivity contribution is 7.89. The highest BCUT2D eigenvalue weighted by Crippen LogP contribution is 2.25. The van der Waals surface area contributed by atoms with Crippen molar-refractivity contribution < 1.29 is 13.5 Å². The molecule has 0 radical (unpaired) electrons. The lowest BCUT2D eigenvalue weighted by Gasteiger charge is -2.26. The number of aliphatic hydroxyl groups excluding tert-OH is 1. The van der Waals surface area contributed by atoms with Crippen molar-refractivity contribution in [3.8, 4) is 0 Å². The van der Waals surface area contributed by atoms with E-state index < -0.39 is 10.0 Å². The lowest BCUT2D eigenvalue weighted by Crippen LogP contribution is -2.41. The smallest absolute Gasteiger partial charge is 0.244 e.